The molecule has 14 heteroatoms. The van der Waals surface area contributed by atoms with Gasteiger partial charge in [-0.3, -0.25) is 24.5 Å². The molecular formula is C42H51N5O9. The van der Waals surface area contributed by atoms with Crippen LogP contribution in [0.3, 0.4) is 0 Å². The van der Waals surface area contributed by atoms with Gasteiger partial charge in [0.15, 0.2) is 0 Å². The van der Waals surface area contributed by atoms with Crippen LogP contribution in [0.2, 0.25) is 0 Å². The number of amides is 3. The Bertz CT molecular complexity index is 1860. The van der Waals surface area contributed by atoms with Gasteiger partial charge in [-0.25, -0.2) is 9.59 Å². The number of carbonyl (C=O) groups excluding carboxylic acids is 5. The Hall–Kier alpha value is -5.79. The molecule has 2 fully saturated rings. The van der Waals surface area contributed by atoms with Crippen LogP contribution in [0.5, 0.6) is 0 Å². The largest absolute Gasteiger partial charge is 0.459 e. The summed E-state index contributed by atoms with van der Waals surface area (Å²) in [5, 5.41) is 13.9. The number of nitrogens with one attached hydrogen (secondary N) is 1. The Labute approximate surface area is 327 Å². The van der Waals surface area contributed by atoms with E-state index in [0.717, 1.165) is 0 Å². The molecule has 3 aromatic rings. The molecule has 2 aliphatic rings. The first-order valence-corrected chi connectivity index (χ1v) is 19.0. The fourth-order valence-electron chi connectivity index (χ4n) is 7.18. The maximum Gasteiger partial charge on any atom is 0.342 e. The van der Waals surface area contributed by atoms with Gasteiger partial charge in [0.1, 0.15) is 30.3 Å². The predicted molar refractivity (Wildman–Crippen MR) is 208 cm³/mol. The number of hydrogen-bond acceptors (Lipinski definition) is 10. The molecule has 0 aromatic heterocycles. The minimum Gasteiger partial charge on any atom is -0.459 e. The lowest BCUT2D eigenvalue weighted by Gasteiger charge is -2.42. The van der Waals surface area contributed by atoms with Gasteiger partial charge in [-0.1, -0.05) is 50.2 Å². The summed E-state index contributed by atoms with van der Waals surface area (Å²) >= 11 is 0. The van der Waals surface area contributed by atoms with Gasteiger partial charge in [-0.2, -0.15) is 0 Å². The van der Waals surface area contributed by atoms with Crippen LogP contribution in [0.1, 0.15) is 72.8 Å². The van der Waals surface area contributed by atoms with Gasteiger partial charge in [-0.15, -0.1) is 0 Å². The maximum absolute atomic E-state index is 14.8. The van der Waals surface area contributed by atoms with E-state index in [1.807, 2.05) is 12.1 Å². The van der Waals surface area contributed by atoms with E-state index in [0.29, 0.717) is 49.2 Å². The standard InChI is InChI=1S/C42H51N5O9/c1-28(2)35(43-39(51)42(6,40(52)56-41(3,4)5)46(30-15-9-7-10-16-30)31-17-11-8-12-18-31)37(49)44-25-13-19-33(44)36(48)45-26-14-20-34(45)38(50)55-27-29-21-23-32(24-22-29)47(53)54/h7-12,15-18,21-24,28,33-35H,13-14,19-20,25-27H2,1-6H3,(H,43,51)/t33-,34-,35-,42-/m0/s1. The van der Waals surface area contributed by atoms with E-state index >= 15 is 0 Å². The van der Waals surface area contributed by atoms with Crippen LogP contribution in [-0.2, 0) is 40.1 Å². The molecule has 0 radical (unpaired) electrons. The number of ether oxygens (including phenoxy) is 2. The third-order valence-electron chi connectivity index (χ3n) is 10.1. The molecular weight excluding hydrogens is 718 g/mol. The Kier molecular flexibility index (Phi) is 12.8. The molecule has 2 aliphatic heterocycles. The molecule has 3 aromatic carbocycles. The van der Waals surface area contributed by atoms with E-state index in [-0.39, 0.29) is 24.7 Å². The number of hydrogen-bond donors (Lipinski definition) is 1. The summed E-state index contributed by atoms with van der Waals surface area (Å²) in [6.45, 7) is 10.6. The number of likely N-dealkylation sites (tertiary alicyclic amines) is 2. The van der Waals surface area contributed by atoms with Crippen LogP contribution >= 0.6 is 0 Å². The summed E-state index contributed by atoms with van der Waals surface area (Å²) in [5.41, 5.74) is -1.37. The first-order chi connectivity index (χ1) is 26.5. The van der Waals surface area contributed by atoms with Crippen LogP contribution in [0.4, 0.5) is 17.1 Å². The van der Waals surface area contributed by atoms with E-state index < -0.39 is 63.9 Å². The molecule has 1 N–H and O–H groups in total. The SMILES string of the molecule is CC(C)[C@H](NC(=O)[C@@](C)(C(=O)OC(C)(C)C)N(c1ccccc1)c1ccccc1)C(=O)N1CCC[C@H]1C(=O)N1CCC[C@H]1C(=O)OCc1ccc([N+](=O)[O-])cc1. The Morgan fingerprint density at radius 3 is 1.88 bits per heavy atom. The van der Waals surface area contributed by atoms with E-state index in [2.05, 4.69) is 5.32 Å². The molecule has 4 atom stereocenters. The minimum absolute atomic E-state index is 0.0824. The molecule has 2 saturated heterocycles. The molecule has 14 nitrogen and oxygen atoms in total. The topological polar surface area (TPSA) is 169 Å². The number of nitro groups is 1. The molecule has 298 valence electrons. The molecule has 0 spiro atoms. The lowest BCUT2D eigenvalue weighted by Crippen LogP contribution is -2.65. The second-order valence-corrected chi connectivity index (χ2v) is 15.7. The predicted octanol–water partition coefficient (Wildman–Crippen LogP) is 5.70. The molecule has 2 heterocycles. The average molecular weight is 770 g/mol. The average Bonchev–Trinajstić information content (AvgIpc) is 3.87. The fourth-order valence-corrected chi connectivity index (χ4v) is 7.18. The van der Waals surface area contributed by atoms with Crippen molar-refractivity contribution in [2.75, 3.05) is 18.0 Å². The second kappa shape index (κ2) is 17.3. The smallest absolute Gasteiger partial charge is 0.342 e. The first kappa shape index (κ1) is 41.4. The van der Waals surface area contributed by atoms with Gasteiger partial charge in [0.05, 0.1) is 4.92 Å². The molecule has 3 amide bonds. The van der Waals surface area contributed by atoms with Crippen molar-refractivity contribution in [3.8, 4) is 0 Å². The zero-order chi connectivity index (χ0) is 40.8. The number of non-ortho nitro benzene ring substituents is 1. The zero-order valence-electron chi connectivity index (χ0n) is 32.8. The Balaban J connectivity index is 1.37. The highest BCUT2D eigenvalue weighted by atomic mass is 16.6. The van der Waals surface area contributed by atoms with Crippen molar-refractivity contribution in [1.29, 1.82) is 0 Å². The summed E-state index contributed by atoms with van der Waals surface area (Å²) in [5.74, 6) is -3.47. The van der Waals surface area contributed by atoms with Crippen LogP contribution < -0.4 is 10.2 Å². The number of esters is 2. The number of para-hydroxylation sites is 2. The van der Waals surface area contributed by atoms with Gasteiger partial charge < -0.3 is 29.5 Å². The normalized spacial score (nSPS) is 18.5. The lowest BCUT2D eigenvalue weighted by atomic mass is 9.93. The molecule has 0 unspecified atom stereocenters. The van der Waals surface area contributed by atoms with E-state index in [9.17, 15) is 34.1 Å². The second-order valence-electron chi connectivity index (χ2n) is 15.7. The van der Waals surface area contributed by atoms with Gasteiger partial charge in [0.2, 0.25) is 17.4 Å². The number of benzene rings is 3. The summed E-state index contributed by atoms with van der Waals surface area (Å²) in [6, 6.07) is 20.8. The van der Waals surface area contributed by atoms with Crippen molar-refractivity contribution in [1.82, 2.24) is 15.1 Å². The van der Waals surface area contributed by atoms with Crippen molar-refractivity contribution in [3.05, 3.63) is 101 Å². The highest BCUT2D eigenvalue weighted by Gasteiger charge is 2.52. The molecule has 0 bridgehead atoms. The number of nitrogens with zero attached hydrogens (tertiary/aromatic N) is 4. The van der Waals surface area contributed by atoms with Crippen molar-refractivity contribution < 1.29 is 38.4 Å². The highest BCUT2D eigenvalue weighted by Crippen LogP contribution is 2.36. The quantitative estimate of drug-likeness (QED) is 0.0986. The van der Waals surface area contributed by atoms with Crippen molar-refractivity contribution in [2.45, 2.75) is 103 Å². The number of nitro benzene ring substituents is 1. The van der Waals surface area contributed by atoms with Crippen molar-refractivity contribution >= 4 is 46.7 Å². The van der Waals surface area contributed by atoms with Crippen LogP contribution in [0.25, 0.3) is 0 Å². The molecule has 0 aliphatic carbocycles. The third-order valence-corrected chi connectivity index (χ3v) is 10.1. The third kappa shape index (κ3) is 9.18. The molecule has 5 rings (SSSR count). The lowest BCUT2D eigenvalue weighted by molar-refractivity contribution is -0.384. The van der Waals surface area contributed by atoms with E-state index in [1.54, 1.807) is 88.0 Å². The molecule has 0 saturated carbocycles. The maximum atomic E-state index is 14.8. The number of rotatable bonds is 13. The van der Waals surface area contributed by atoms with Gasteiger partial charge in [-0.05, 0) is 101 Å². The number of carbonyl (C=O) groups is 5. The van der Waals surface area contributed by atoms with Crippen LogP contribution in [0, 0.1) is 16.0 Å². The molecule has 56 heavy (non-hydrogen) atoms. The van der Waals surface area contributed by atoms with E-state index in [4.69, 9.17) is 9.47 Å². The summed E-state index contributed by atoms with van der Waals surface area (Å²) in [4.78, 5) is 86.0. The number of anilines is 2. The summed E-state index contributed by atoms with van der Waals surface area (Å²) < 4.78 is 11.4. The van der Waals surface area contributed by atoms with Crippen LogP contribution in [0.15, 0.2) is 84.9 Å². The van der Waals surface area contributed by atoms with Crippen molar-refractivity contribution in [2.24, 2.45) is 5.92 Å². The Morgan fingerprint density at radius 2 is 1.36 bits per heavy atom. The monoisotopic (exact) mass is 769 g/mol. The van der Waals surface area contributed by atoms with E-state index in [1.165, 1.54) is 41.0 Å². The zero-order valence-corrected chi connectivity index (χ0v) is 32.8. The highest BCUT2D eigenvalue weighted by molar-refractivity contribution is 6.13. The summed E-state index contributed by atoms with van der Waals surface area (Å²) in [7, 11) is 0. The Morgan fingerprint density at radius 1 is 0.821 bits per heavy atom. The first-order valence-electron chi connectivity index (χ1n) is 19.0. The van der Waals surface area contributed by atoms with Crippen LogP contribution in [-0.4, -0.2) is 86.7 Å². The van der Waals surface area contributed by atoms with Gasteiger partial charge in [0, 0.05) is 36.6 Å². The minimum atomic E-state index is -2.00. The summed E-state index contributed by atoms with van der Waals surface area (Å²) in [6.07, 6.45) is 1.86. The fraction of sp³-hybridized carbons (Fsp3) is 0.452. The van der Waals surface area contributed by atoms with Gasteiger partial charge in [0.25, 0.3) is 11.6 Å². The van der Waals surface area contributed by atoms with Gasteiger partial charge >= 0.3 is 11.9 Å². The van der Waals surface area contributed by atoms with Crippen molar-refractivity contribution in [3.63, 3.8) is 0 Å².